The molecule has 0 saturated carbocycles. The number of hydrogen-bond acceptors (Lipinski definition) is 3. The lowest BCUT2D eigenvalue weighted by atomic mass is 10.1. The van der Waals surface area contributed by atoms with Gasteiger partial charge in [-0.15, -0.1) is 0 Å². The number of hydroxylamine groups is 1. The molecule has 0 radical (unpaired) electrons. The van der Waals surface area contributed by atoms with E-state index in [1.807, 2.05) is 6.08 Å². The van der Waals surface area contributed by atoms with Crippen molar-refractivity contribution in [3.05, 3.63) is 42.0 Å². The fraction of sp³-hybridized carbons (Fsp3) is 0.583. The molecule has 0 bridgehead atoms. The lowest BCUT2D eigenvalue weighted by Crippen LogP contribution is -2.41. The van der Waals surface area contributed by atoms with Crippen molar-refractivity contribution < 1.29 is 28.0 Å². The van der Waals surface area contributed by atoms with Crippen LogP contribution in [0.2, 0.25) is 0 Å². The number of halogens is 3. The van der Waals surface area contributed by atoms with Gasteiger partial charge in [0.15, 0.2) is 0 Å². The zero-order chi connectivity index (χ0) is 23.8. The van der Waals surface area contributed by atoms with Gasteiger partial charge in [-0.1, -0.05) is 64.0 Å². The highest BCUT2D eigenvalue weighted by atomic mass is 19.4. The van der Waals surface area contributed by atoms with Crippen molar-refractivity contribution >= 4 is 17.5 Å². The molecule has 5 nitrogen and oxygen atoms in total. The number of alkyl halides is 3. The largest absolute Gasteiger partial charge is 0.471 e. The molecule has 1 aromatic rings. The third-order valence-corrected chi connectivity index (χ3v) is 5.17. The van der Waals surface area contributed by atoms with E-state index >= 15 is 0 Å². The van der Waals surface area contributed by atoms with Gasteiger partial charge in [-0.3, -0.25) is 14.8 Å². The number of carbonyl (C=O) groups excluding carboxylic acids is 2. The minimum Gasteiger partial charge on any atom is -0.305 e. The van der Waals surface area contributed by atoms with Gasteiger partial charge < -0.3 is 4.90 Å². The van der Waals surface area contributed by atoms with Crippen molar-refractivity contribution in [3.63, 3.8) is 0 Å². The quantitative estimate of drug-likeness (QED) is 0.136. The van der Waals surface area contributed by atoms with Crippen molar-refractivity contribution in [1.82, 2.24) is 5.48 Å². The van der Waals surface area contributed by atoms with Crippen LogP contribution in [0, 0.1) is 0 Å². The summed E-state index contributed by atoms with van der Waals surface area (Å²) in [7, 11) is 0. The van der Waals surface area contributed by atoms with E-state index in [9.17, 15) is 22.8 Å². The topological polar surface area (TPSA) is 69.6 Å². The Morgan fingerprint density at radius 3 is 1.97 bits per heavy atom. The number of nitrogens with zero attached hydrogens (tertiary/aromatic N) is 1. The van der Waals surface area contributed by atoms with Gasteiger partial charge in [0, 0.05) is 17.8 Å². The van der Waals surface area contributed by atoms with Crippen LogP contribution < -0.4 is 10.4 Å². The van der Waals surface area contributed by atoms with Crippen molar-refractivity contribution in [1.29, 1.82) is 0 Å². The van der Waals surface area contributed by atoms with E-state index in [2.05, 4.69) is 13.0 Å². The van der Waals surface area contributed by atoms with E-state index < -0.39 is 18.0 Å². The first-order valence-electron chi connectivity index (χ1n) is 11.4. The lowest BCUT2D eigenvalue weighted by Gasteiger charge is -2.24. The predicted molar refractivity (Wildman–Crippen MR) is 120 cm³/mol. The molecular weight excluding hydrogens is 421 g/mol. The van der Waals surface area contributed by atoms with Crippen LogP contribution in [0.25, 0.3) is 0 Å². The Morgan fingerprint density at radius 1 is 0.906 bits per heavy atom. The fourth-order valence-corrected chi connectivity index (χ4v) is 3.36. The molecule has 0 aliphatic carbocycles. The second kappa shape index (κ2) is 15.5. The first-order chi connectivity index (χ1) is 15.3. The van der Waals surface area contributed by atoms with Gasteiger partial charge in [0.1, 0.15) is 0 Å². The summed E-state index contributed by atoms with van der Waals surface area (Å²) in [4.78, 5) is 23.9. The smallest absolute Gasteiger partial charge is 0.305 e. The molecule has 1 aromatic carbocycles. The van der Waals surface area contributed by atoms with Gasteiger partial charge in [0.25, 0.3) is 5.91 Å². The summed E-state index contributed by atoms with van der Waals surface area (Å²) in [5.41, 5.74) is 1.56. The number of rotatable bonds is 15. The number of allylic oxidation sites excluding steroid dienone is 2. The Balaban J connectivity index is 2.44. The third-order valence-electron chi connectivity index (χ3n) is 5.17. The van der Waals surface area contributed by atoms with Gasteiger partial charge in [-0.05, 0) is 49.9 Å². The minimum atomic E-state index is -4.99. The van der Waals surface area contributed by atoms with Crippen LogP contribution in [0.4, 0.5) is 18.9 Å². The summed E-state index contributed by atoms with van der Waals surface area (Å²) in [6.45, 7) is 2.11. The molecule has 0 heterocycles. The summed E-state index contributed by atoms with van der Waals surface area (Å²) in [6, 6.07) is 5.02. The molecule has 2 N–H and O–H groups in total. The number of hydrogen-bond donors (Lipinski definition) is 2. The van der Waals surface area contributed by atoms with Crippen LogP contribution in [-0.2, 0) is 4.79 Å². The van der Waals surface area contributed by atoms with Crippen molar-refractivity contribution in [2.75, 3.05) is 11.4 Å². The number of amides is 2. The van der Waals surface area contributed by atoms with E-state index in [1.54, 1.807) is 0 Å². The number of unbranched alkanes of at least 4 members (excludes halogenated alkanes) is 9. The Labute approximate surface area is 188 Å². The van der Waals surface area contributed by atoms with Crippen molar-refractivity contribution in [3.8, 4) is 0 Å². The monoisotopic (exact) mass is 456 g/mol. The molecule has 8 heteroatoms. The highest BCUT2D eigenvalue weighted by molar-refractivity contribution is 5.98. The maximum atomic E-state index is 13.0. The van der Waals surface area contributed by atoms with Crippen molar-refractivity contribution in [2.24, 2.45) is 0 Å². The molecule has 32 heavy (non-hydrogen) atoms. The first kappa shape index (κ1) is 27.7. The molecule has 0 spiro atoms. The number of anilines is 1. The maximum absolute atomic E-state index is 13.0. The molecular formula is C24H35F3N2O3. The number of carbonyl (C=O) groups is 2. The molecule has 1 rings (SSSR count). The van der Waals surface area contributed by atoms with Gasteiger partial charge in [0.2, 0.25) is 0 Å². The van der Waals surface area contributed by atoms with E-state index in [0.29, 0.717) is 17.7 Å². The normalized spacial score (nSPS) is 11.7. The Bertz CT molecular complexity index is 703. The van der Waals surface area contributed by atoms with E-state index in [0.717, 1.165) is 12.8 Å². The average molecular weight is 457 g/mol. The Hall–Kier alpha value is -2.35. The van der Waals surface area contributed by atoms with Gasteiger partial charge in [-0.25, -0.2) is 5.48 Å². The molecule has 0 fully saturated rings. The summed E-state index contributed by atoms with van der Waals surface area (Å²) in [6.07, 6.45) is 10.9. The van der Waals surface area contributed by atoms with E-state index in [1.165, 1.54) is 74.7 Å². The van der Waals surface area contributed by atoms with Crippen LogP contribution in [0.3, 0.4) is 0 Å². The lowest BCUT2D eigenvalue weighted by molar-refractivity contribution is -0.170. The van der Waals surface area contributed by atoms with Crippen LogP contribution in [-0.4, -0.2) is 29.7 Å². The number of benzene rings is 1. The summed E-state index contributed by atoms with van der Waals surface area (Å²) in [5, 5.41) is 8.63. The second-order valence-electron chi connectivity index (χ2n) is 7.82. The molecule has 0 aromatic heterocycles. The number of nitrogens with one attached hydrogen (secondary N) is 1. The van der Waals surface area contributed by atoms with E-state index in [4.69, 9.17) is 5.21 Å². The SMILES string of the molecule is CCCCCCCCCCC=CCCCN(C(=O)C(F)(F)F)c1ccc(C(=O)NO)cc1. The molecule has 0 unspecified atom stereocenters. The highest BCUT2D eigenvalue weighted by Crippen LogP contribution is 2.24. The van der Waals surface area contributed by atoms with Crippen LogP contribution in [0.15, 0.2) is 36.4 Å². The summed E-state index contributed by atoms with van der Waals surface area (Å²) in [5.74, 6) is -2.73. The zero-order valence-corrected chi connectivity index (χ0v) is 18.8. The fourth-order valence-electron chi connectivity index (χ4n) is 3.36. The molecule has 180 valence electrons. The van der Waals surface area contributed by atoms with Crippen molar-refractivity contribution in [2.45, 2.75) is 83.7 Å². The van der Waals surface area contributed by atoms with Gasteiger partial charge in [-0.2, -0.15) is 13.2 Å². The predicted octanol–water partition coefficient (Wildman–Crippen LogP) is 6.57. The molecule has 2 amide bonds. The van der Waals surface area contributed by atoms with Crippen LogP contribution >= 0.6 is 0 Å². The first-order valence-corrected chi connectivity index (χ1v) is 11.4. The van der Waals surface area contributed by atoms with E-state index in [-0.39, 0.29) is 17.8 Å². The Morgan fingerprint density at radius 2 is 1.44 bits per heavy atom. The average Bonchev–Trinajstić information content (AvgIpc) is 2.78. The third kappa shape index (κ3) is 10.8. The van der Waals surface area contributed by atoms with Gasteiger partial charge in [0.05, 0.1) is 0 Å². The summed E-state index contributed by atoms with van der Waals surface area (Å²) < 4.78 is 39.0. The second-order valence-corrected chi connectivity index (χ2v) is 7.82. The standard InChI is InChI=1S/C24H35F3N2O3/c1-2-3-4-5-6-7-8-9-10-11-12-13-14-19-29(23(31)24(25,26)27)21-17-15-20(16-18-21)22(30)28-32/h11-12,15-18,32H,2-10,13-14,19H2,1H3,(H,28,30). The molecule has 0 atom stereocenters. The van der Waals surface area contributed by atoms with Crippen LogP contribution in [0.5, 0.6) is 0 Å². The highest BCUT2D eigenvalue weighted by Gasteiger charge is 2.42. The molecule has 0 aliphatic rings. The van der Waals surface area contributed by atoms with Gasteiger partial charge >= 0.3 is 12.1 Å². The molecule has 0 aliphatic heterocycles. The van der Waals surface area contributed by atoms with Crippen LogP contribution in [0.1, 0.15) is 87.9 Å². The summed E-state index contributed by atoms with van der Waals surface area (Å²) >= 11 is 0. The molecule has 0 saturated heterocycles. The maximum Gasteiger partial charge on any atom is 0.471 e. The minimum absolute atomic E-state index is 0.0460. The Kier molecular flexibility index (Phi) is 13.4. The zero-order valence-electron chi connectivity index (χ0n) is 18.8.